The molecule has 0 unspecified atom stereocenters. The third-order valence-corrected chi connectivity index (χ3v) is 8.08. The molecule has 1 N–H and O–H groups in total. The van der Waals surface area contributed by atoms with Gasteiger partial charge in [0, 0.05) is 15.5 Å². The summed E-state index contributed by atoms with van der Waals surface area (Å²) in [5.41, 5.74) is -0.0713. The lowest BCUT2D eigenvalue weighted by molar-refractivity contribution is -0.126. The van der Waals surface area contributed by atoms with Crippen molar-refractivity contribution in [2.45, 2.75) is 39.0 Å². The van der Waals surface area contributed by atoms with E-state index in [0.717, 1.165) is 42.2 Å². The smallest absolute Gasteiger partial charge is 0.393 e. The van der Waals surface area contributed by atoms with Gasteiger partial charge >= 0.3 is 6.16 Å². The quantitative estimate of drug-likeness (QED) is 0.282. The van der Waals surface area contributed by atoms with E-state index in [1.807, 2.05) is 31.2 Å². The van der Waals surface area contributed by atoms with E-state index >= 15 is 0 Å². The van der Waals surface area contributed by atoms with Crippen molar-refractivity contribution in [3.05, 3.63) is 51.5 Å². The molecule has 0 saturated heterocycles. The first-order chi connectivity index (χ1) is 15.3. The van der Waals surface area contributed by atoms with Crippen molar-refractivity contribution in [3.8, 4) is 10.8 Å². The number of carbonyl (C=O) groups excluding carboxylic acids is 2. The molecule has 0 aliphatic heterocycles. The number of thiophene rings is 1. The summed E-state index contributed by atoms with van der Waals surface area (Å²) in [6.45, 7) is 1.96. The van der Waals surface area contributed by atoms with Crippen molar-refractivity contribution in [1.82, 2.24) is 0 Å². The van der Waals surface area contributed by atoms with Crippen molar-refractivity contribution in [2.24, 2.45) is 5.41 Å². The monoisotopic (exact) mass is 511 g/mol. The van der Waals surface area contributed by atoms with Crippen LogP contribution in [0.2, 0.25) is 15.1 Å². The summed E-state index contributed by atoms with van der Waals surface area (Å²) < 4.78 is 11.4. The Labute approximate surface area is 204 Å². The van der Waals surface area contributed by atoms with Crippen LogP contribution < -0.4 is 14.8 Å². The number of fused-ring (bicyclic) bond motifs is 1. The number of amides is 1. The van der Waals surface area contributed by atoms with Gasteiger partial charge in [0.15, 0.2) is 5.75 Å². The lowest BCUT2D eigenvalue weighted by atomic mass is 9.75. The highest BCUT2D eigenvalue weighted by atomic mass is 35.5. The maximum Gasteiger partial charge on any atom is 0.520 e. The Bertz CT molecular complexity index is 1190. The molecule has 0 atom stereocenters. The molecule has 1 fully saturated rings. The van der Waals surface area contributed by atoms with Gasteiger partial charge in [0.05, 0.1) is 10.7 Å². The van der Waals surface area contributed by atoms with Gasteiger partial charge in [0.1, 0.15) is 10.0 Å². The van der Waals surface area contributed by atoms with Gasteiger partial charge in [-0.3, -0.25) is 4.79 Å². The van der Waals surface area contributed by atoms with Crippen LogP contribution in [0.5, 0.6) is 10.8 Å². The molecule has 2 aromatic carbocycles. The Kier molecular flexibility index (Phi) is 6.86. The Balaban J connectivity index is 1.46. The summed E-state index contributed by atoms with van der Waals surface area (Å²) in [6, 6.07) is 10.4. The number of hydrogen-bond donors (Lipinski definition) is 1. The molecule has 1 aliphatic rings. The molecule has 168 valence electrons. The summed E-state index contributed by atoms with van der Waals surface area (Å²) >= 11 is 20.2. The van der Waals surface area contributed by atoms with Crippen LogP contribution in [0.3, 0.4) is 0 Å². The van der Waals surface area contributed by atoms with Crippen molar-refractivity contribution < 1.29 is 19.1 Å². The predicted octanol–water partition coefficient (Wildman–Crippen LogP) is 8.35. The van der Waals surface area contributed by atoms with Crippen LogP contribution in [-0.2, 0) is 4.79 Å². The first-order valence-corrected chi connectivity index (χ1v) is 12.1. The van der Waals surface area contributed by atoms with Gasteiger partial charge in [-0.15, -0.1) is 0 Å². The zero-order chi connectivity index (χ0) is 22.9. The highest BCUT2D eigenvalue weighted by molar-refractivity contribution is 7.21. The van der Waals surface area contributed by atoms with E-state index in [1.165, 1.54) is 17.4 Å². The second-order valence-electron chi connectivity index (χ2n) is 7.97. The predicted molar refractivity (Wildman–Crippen MR) is 130 cm³/mol. The first-order valence-electron chi connectivity index (χ1n) is 10.1. The molecule has 9 heteroatoms. The Morgan fingerprint density at radius 1 is 0.938 bits per heavy atom. The van der Waals surface area contributed by atoms with Gasteiger partial charge in [-0.1, -0.05) is 90.5 Å². The molecule has 3 aromatic rings. The van der Waals surface area contributed by atoms with Crippen LogP contribution >= 0.6 is 46.1 Å². The molecule has 1 aromatic heterocycles. The summed E-state index contributed by atoms with van der Waals surface area (Å²) in [5, 5.41) is 4.29. The lowest BCUT2D eigenvalue weighted by Crippen LogP contribution is -2.35. The lowest BCUT2D eigenvalue weighted by Gasteiger charge is -2.32. The minimum atomic E-state index is -0.997. The maximum absolute atomic E-state index is 12.8. The third-order valence-electron chi connectivity index (χ3n) is 5.68. The number of carbonyl (C=O) groups is 2. The molecule has 32 heavy (non-hydrogen) atoms. The fourth-order valence-electron chi connectivity index (χ4n) is 3.78. The van der Waals surface area contributed by atoms with Crippen molar-refractivity contribution >= 4 is 74.0 Å². The average molecular weight is 513 g/mol. The van der Waals surface area contributed by atoms with E-state index in [0.29, 0.717) is 10.7 Å². The van der Waals surface area contributed by atoms with Crippen molar-refractivity contribution in [1.29, 1.82) is 0 Å². The first kappa shape index (κ1) is 23.2. The number of halogens is 3. The van der Waals surface area contributed by atoms with Gasteiger partial charge in [-0.05, 0) is 31.0 Å². The Hall–Kier alpha value is -1.99. The topological polar surface area (TPSA) is 64.6 Å². The second kappa shape index (κ2) is 9.48. The molecular weight excluding hydrogens is 493 g/mol. The number of anilines is 1. The number of ether oxygens (including phenoxy) is 2. The molecule has 1 heterocycles. The Morgan fingerprint density at radius 2 is 1.66 bits per heavy atom. The van der Waals surface area contributed by atoms with E-state index in [9.17, 15) is 9.59 Å². The van der Waals surface area contributed by atoms with Gasteiger partial charge in [-0.2, -0.15) is 0 Å². The van der Waals surface area contributed by atoms with E-state index < -0.39 is 11.6 Å². The molecule has 1 amide bonds. The van der Waals surface area contributed by atoms with Gasteiger partial charge < -0.3 is 14.8 Å². The molecule has 4 rings (SSSR count). The SMILES string of the molecule is CC1(C(=O)Nc2ccc(OC(=O)Oc3sc4ccccc4c3Cl)c(Cl)c2Cl)CCCCC1. The molecule has 0 radical (unpaired) electrons. The van der Waals surface area contributed by atoms with Crippen LogP contribution in [0.4, 0.5) is 10.5 Å². The third kappa shape index (κ3) is 4.69. The minimum absolute atomic E-state index is 0.00217. The fraction of sp³-hybridized carbons (Fsp3) is 0.304. The van der Waals surface area contributed by atoms with E-state index in [4.69, 9.17) is 44.3 Å². The highest BCUT2D eigenvalue weighted by Crippen LogP contribution is 2.43. The van der Waals surface area contributed by atoms with Crippen LogP contribution in [0, 0.1) is 5.41 Å². The van der Waals surface area contributed by atoms with Crippen LogP contribution in [-0.4, -0.2) is 12.1 Å². The molecule has 0 spiro atoms. The molecule has 0 bridgehead atoms. The van der Waals surface area contributed by atoms with Gasteiger partial charge in [-0.25, -0.2) is 4.79 Å². The Morgan fingerprint density at radius 3 is 2.38 bits per heavy atom. The van der Waals surface area contributed by atoms with E-state index in [2.05, 4.69) is 5.32 Å². The zero-order valence-corrected chi connectivity index (χ0v) is 20.3. The summed E-state index contributed by atoms with van der Waals surface area (Å²) in [6.07, 6.45) is 3.86. The largest absolute Gasteiger partial charge is 0.520 e. The van der Waals surface area contributed by atoms with Crippen LogP contribution in [0.1, 0.15) is 39.0 Å². The van der Waals surface area contributed by atoms with Crippen LogP contribution in [0.15, 0.2) is 36.4 Å². The highest BCUT2D eigenvalue weighted by Gasteiger charge is 2.35. The standard InChI is InChI=1S/C23H20Cl3NO4S/c1-23(11-5-2-6-12-23)21(28)27-14-9-10-15(19(26)18(14)25)30-22(29)31-20-17(24)13-7-3-4-8-16(13)32-20/h3-4,7-10H,2,5-6,11-12H2,1H3,(H,27,28). The fourth-order valence-corrected chi connectivity index (χ4v) is 5.50. The van der Waals surface area contributed by atoms with Crippen LogP contribution in [0.25, 0.3) is 10.1 Å². The van der Waals surface area contributed by atoms with Crippen molar-refractivity contribution in [3.63, 3.8) is 0 Å². The molecular formula is C23H20Cl3NO4S. The summed E-state index contributed by atoms with van der Waals surface area (Å²) in [7, 11) is 0. The number of hydrogen-bond acceptors (Lipinski definition) is 5. The summed E-state index contributed by atoms with van der Waals surface area (Å²) in [4.78, 5) is 25.1. The average Bonchev–Trinajstić information content (AvgIpc) is 3.09. The number of benzene rings is 2. The normalized spacial score (nSPS) is 15.4. The number of nitrogens with one attached hydrogen (secondary N) is 1. The minimum Gasteiger partial charge on any atom is -0.393 e. The zero-order valence-electron chi connectivity index (χ0n) is 17.2. The van der Waals surface area contributed by atoms with E-state index in [1.54, 1.807) is 6.07 Å². The maximum atomic E-state index is 12.8. The van der Waals surface area contributed by atoms with E-state index in [-0.39, 0.29) is 26.8 Å². The summed E-state index contributed by atoms with van der Waals surface area (Å²) in [5.74, 6) is -0.0802. The van der Waals surface area contributed by atoms with Gasteiger partial charge in [0.25, 0.3) is 0 Å². The van der Waals surface area contributed by atoms with Gasteiger partial charge in [0.2, 0.25) is 11.0 Å². The molecule has 1 aliphatic carbocycles. The molecule has 5 nitrogen and oxygen atoms in total. The second-order valence-corrected chi connectivity index (χ2v) is 10.1. The van der Waals surface area contributed by atoms with Crippen molar-refractivity contribution in [2.75, 3.05) is 5.32 Å². The molecule has 1 saturated carbocycles. The number of rotatable bonds is 4.